The van der Waals surface area contributed by atoms with Gasteiger partial charge in [-0.25, -0.2) is 0 Å². The number of carbonyl (C=O) groups is 1. The standard InChI is InChI=1S/C15H14F3N3O3.ClH/c16-15(17,18)10-4-1-3-9(7-10)13-19-12(24-20-13)8-21-6-2-5-11(21)14(22)23;/h1,3-4,7,11H,2,5-6,8H2,(H,22,23);1H/t11-;/m1./s1. The SMILES string of the molecule is Cl.O=C(O)[C@H]1CCCN1Cc1nc(-c2cccc(C(F)(F)F)c2)no1. The Morgan fingerprint density at radius 2 is 2.16 bits per heavy atom. The first-order chi connectivity index (χ1) is 11.3. The van der Waals surface area contributed by atoms with E-state index in [9.17, 15) is 18.0 Å². The molecule has 1 N–H and O–H groups in total. The first-order valence-corrected chi connectivity index (χ1v) is 7.31. The summed E-state index contributed by atoms with van der Waals surface area (Å²) < 4.78 is 43.3. The number of hydrogen-bond donors (Lipinski definition) is 1. The van der Waals surface area contributed by atoms with Crippen molar-refractivity contribution < 1.29 is 27.6 Å². The lowest BCUT2D eigenvalue weighted by Gasteiger charge is -2.18. The summed E-state index contributed by atoms with van der Waals surface area (Å²) in [5.74, 6) is -0.692. The molecular formula is C15H15ClF3N3O3. The van der Waals surface area contributed by atoms with Gasteiger partial charge in [0, 0.05) is 5.56 Å². The van der Waals surface area contributed by atoms with Gasteiger partial charge in [-0.15, -0.1) is 12.4 Å². The van der Waals surface area contributed by atoms with Crippen LogP contribution in [0.25, 0.3) is 11.4 Å². The average molecular weight is 378 g/mol. The first kappa shape index (κ1) is 19.2. The lowest BCUT2D eigenvalue weighted by atomic mass is 10.1. The predicted molar refractivity (Wildman–Crippen MR) is 83.1 cm³/mol. The molecule has 0 unspecified atom stereocenters. The predicted octanol–water partition coefficient (Wildman–Crippen LogP) is 3.23. The summed E-state index contributed by atoms with van der Waals surface area (Å²) in [6.45, 7) is 0.751. The van der Waals surface area contributed by atoms with Gasteiger partial charge in [0.2, 0.25) is 11.7 Å². The van der Waals surface area contributed by atoms with Crippen molar-refractivity contribution in [3.05, 3.63) is 35.7 Å². The minimum absolute atomic E-state index is 0. The second-order valence-corrected chi connectivity index (χ2v) is 5.56. The Hall–Kier alpha value is -2.13. The van der Waals surface area contributed by atoms with Gasteiger partial charge in [-0.2, -0.15) is 18.2 Å². The Kier molecular flexibility index (Phi) is 5.69. The van der Waals surface area contributed by atoms with Gasteiger partial charge >= 0.3 is 12.1 Å². The van der Waals surface area contributed by atoms with Crippen molar-refractivity contribution in [2.75, 3.05) is 6.54 Å². The van der Waals surface area contributed by atoms with Crippen molar-refractivity contribution in [3.8, 4) is 11.4 Å². The second kappa shape index (κ2) is 7.40. The van der Waals surface area contributed by atoms with Gasteiger partial charge in [-0.3, -0.25) is 9.69 Å². The van der Waals surface area contributed by atoms with Crippen molar-refractivity contribution in [2.24, 2.45) is 0 Å². The molecule has 0 radical (unpaired) electrons. The number of halogens is 4. The van der Waals surface area contributed by atoms with E-state index in [1.807, 2.05) is 0 Å². The molecule has 1 aromatic carbocycles. The summed E-state index contributed by atoms with van der Waals surface area (Å²) in [4.78, 5) is 16.9. The molecule has 1 aliphatic rings. The third-order valence-electron chi connectivity index (χ3n) is 3.90. The molecule has 0 bridgehead atoms. The highest BCUT2D eigenvalue weighted by Gasteiger charge is 2.32. The van der Waals surface area contributed by atoms with E-state index in [0.29, 0.717) is 13.0 Å². The molecule has 136 valence electrons. The van der Waals surface area contributed by atoms with Crippen molar-refractivity contribution >= 4 is 18.4 Å². The maximum atomic E-state index is 12.8. The molecular weight excluding hydrogens is 363 g/mol. The summed E-state index contributed by atoms with van der Waals surface area (Å²) in [5.41, 5.74) is -0.604. The van der Waals surface area contributed by atoms with Crippen LogP contribution < -0.4 is 0 Å². The smallest absolute Gasteiger partial charge is 0.416 e. The van der Waals surface area contributed by atoms with Crippen LogP contribution in [0.15, 0.2) is 28.8 Å². The highest BCUT2D eigenvalue weighted by molar-refractivity contribution is 5.85. The number of likely N-dealkylation sites (tertiary alicyclic amines) is 1. The number of aliphatic carboxylic acids is 1. The first-order valence-electron chi connectivity index (χ1n) is 7.31. The van der Waals surface area contributed by atoms with E-state index in [-0.39, 0.29) is 36.2 Å². The van der Waals surface area contributed by atoms with E-state index in [0.717, 1.165) is 18.6 Å². The van der Waals surface area contributed by atoms with Gasteiger partial charge in [0.1, 0.15) is 6.04 Å². The van der Waals surface area contributed by atoms with Gasteiger partial charge in [-0.05, 0) is 31.5 Å². The van der Waals surface area contributed by atoms with Gasteiger partial charge < -0.3 is 9.63 Å². The number of carboxylic acids is 1. The summed E-state index contributed by atoms with van der Waals surface area (Å²) in [6.07, 6.45) is -3.15. The van der Waals surface area contributed by atoms with Crippen LogP contribution in [0.2, 0.25) is 0 Å². The molecule has 25 heavy (non-hydrogen) atoms. The number of rotatable bonds is 4. The van der Waals surface area contributed by atoms with Crippen LogP contribution in [0.5, 0.6) is 0 Å². The molecule has 0 aliphatic carbocycles. The van der Waals surface area contributed by atoms with Crippen LogP contribution in [0.1, 0.15) is 24.3 Å². The summed E-state index contributed by atoms with van der Waals surface area (Å²) in [6, 6.07) is 4.04. The van der Waals surface area contributed by atoms with E-state index >= 15 is 0 Å². The maximum Gasteiger partial charge on any atom is 0.416 e. The van der Waals surface area contributed by atoms with Crippen molar-refractivity contribution in [1.29, 1.82) is 0 Å². The Balaban J connectivity index is 0.00000225. The molecule has 0 saturated carbocycles. The summed E-state index contributed by atoms with van der Waals surface area (Å²) in [5, 5.41) is 12.8. The molecule has 1 aliphatic heterocycles. The number of carboxylic acid groups (broad SMARTS) is 1. The fourth-order valence-corrected chi connectivity index (χ4v) is 2.74. The van der Waals surface area contributed by atoms with E-state index < -0.39 is 23.8 Å². The second-order valence-electron chi connectivity index (χ2n) is 5.56. The Labute approximate surface area is 147 Å². The third kappa shape index (κ3) is 4.29. The third-order valence-corrected chi connectivity index (χ3v) is 3.90. The number of aromatic nitrogens is 2. The van der Waals surface area contributed by atoms with Crippen LogP contribution in [-0.4, -0.2) is 38.7 Å². The number of benzene rings is 1. The van der Waals surface area contributed by atoms with Crippen LogP contribution in [0, 0.1) is 0 Å². The summed E-state index contributed by atoms with van der Waals surface area (Å²) >= 11 is 0. The van der Waals surface area contributed by atoms with Crippen LogP contribution in [-0.2, 0) is 17.5 Å². The molecule has 0 amide bonds. The molecule has 10 heteroatoms. The van der Waals surface area contributed by atoms with Gasteiger partial charge in [-0.1, -0.05) is 17.3 Å². The summed E-state index contributed by atoms with van der Waals surface area (Å²) in [7, 11) is 0. The number of nitrogens with zero attached hydrogens (tertiary/aromatic N) is 3. The average Bonchev–Trinajstić information content (AvgIpc) is 3.16. The highest BCUT2D eigenvalue weighted by Crippen LogP contribution is 2.31. The Bertz CT molecular complexity index is 751. The Morgan fingerprint density at radius 3 is 2.84 bits per heavy atom. The van der Waals surface area contributed by atoms with Crippen LogP contribution in [0.3, 0.4) is 0 Å². The molecule has 1 fully saturated rings. The van der Waals surface area contributed by atoms with Crippen LogP contribution >= 0.6 is 12.4 Å². The zero-order chi connectivity index (χ0) is 17.3. The van der Waals surface area contributed by atoms with Crippen molar-refractivity contribution in [2.45, 2.75) is 31.6 Å². The van der Waals surface area contributed by atoms with Gasteiger partial charge in [0.05, 0.1) is 12.1 Å². The van der Waals surface area contributed by atoms with E-state index in [1.54, 1.807) is 4.90 Å². The molecule has 0 spiro atoms. The molecule has 2 aromatic rings. The zero-order valence-electron chi connectivity index (χ0n) is 12.9. The lowest BCUT2D eigenvalue weighted by molar-refractivity contribution is -0.142. The van der Waals surface area contributed by atoms with Gasteiger partial charge in [0.15, 0.2) is 0 Å². The lowest BCUT2D eigenvalue weighted by Crippen LogP contribution is -2.35. The molecule has 1 atom stereocenters. The highest BCUT2D eigenvalue weighted by atomic mass is 35.5. The molecule has 3 rings (SSSR count). The topological polar surface area (TPSA) is 79.5 Å². The molecule has 6 nitrogen and oxygen atoms in total. The fourth-order valence-electron chi connectivity index (χ4n) is 2.74. The minimum Gasteiger partial charge on any atom is -0.480 e. The maximum absolute atomic E-state index is 12.8. The largest absolute Gasteiger partial charge is 0.480 e. The fraction of sp³-hybridized carbons (Fsp3) is 0.400. The van der Waals surface area contributed by atoms with Crippen molar-refractivity contribution in [3.63, 3.8) is 0 Å². The zero-order valence-corrected chi connectivity index (χ0v) is 13.7. The van der Waals surface area contributed by atoms with E-state index in [1.165, 1.54) is 12.1 Å². The van der Waals surface area contributed by atoms with Crippen molar-refractivity contribution in [1.82, 2.24) is 15.0 Å². The van der Waals surface area contributed by atoms with Crippen LogP contribution in [0.4, 0.5) is 13.2 Å². The Morgan fingerprint density at radius 1 is 1.40 bits per heavy atom. The molecule has 1 aromatic heterocycles. The quantitative estimate of drug-likeness (QED) is 0.881. The van der Waals surface area contributed by atoms with Gasteiger partial charge in [0.25, 0.3) is 0 Å². The number of hydrogen-bond acceptors (Lipinski definition) is 5. The molecule has 1 saturated heterocycles. The normalized spacial score (nSPS) is 18.1. The van der Waals surface area contributed by atoms with E-state index in [2.05, 4.69) is 10.1 Å². The number of alkyl halides is 3. The van der Waals surface area contributed by atoms with E-state index in [4.69, 9.17) is 9.63 Å². The molecule has 2 heterocycles. The minimum atomic E-state index is -4.45. The monoisotopic (exact) mass is 377 g/mol.